The van der Waals surface area contributed by atoms with E-state index in [4.69, 9.17) is 5.11 Å². The van der Waals surface area contributed by atoms with Gasteiger partial charge in [-0.2, -0.15) is 0 Å². The van der Waals surface area contributed by atoms with Crippen LogP contribution >= 0.6 is 0 Å². The molecule has 0 bridgehead atoms. The van der Waals surface area contributed by atoms with Crippen LogP contribution in [0, 0.1) is 0 Å². The van der Waals surface area contributed by atoms with Crippen molar-refractivity contribution in [2.24, 2.45) is 0 Å². The molecule has 1 aliphatic rings. The summed E-state index contributed by atoms with van der Waals surface area (Å²) in [5, 5.41) is 7.28. The fraction of sp³-hybridized carbons (Fsp3) is 0.900. The van der Waals surface area contributed by atoms with Gasteiger partial charge in [0.1, 0.15) is 0 Å². The van der Waals surface area contributed by atoms with Crippen LogP contribution in [0.4, 0.5) is 0 Å². The van der Waals surface area contributed by atoms with Gasteiger partial charge >= 0.3 is 5.97 Å². The minimum absolute atomic E-state index is 0.148. The Kier molecular flexibility index (Phi) is 4.16. The summed E-state index contributed by atoms with van der Waals surface area (Å²) in [4.78, 5) is 12.7. The first-order valence-electron chi connectivity index (χ1n) is 5.60. The van der Waals surface area contributed by atoms with Crippen LogP contribution in [-0.4, -0.2) is 55.8 Å². The van der Waals surface area contributed by atoms with Gasteiger partial charge in [-0.05, 0) is 40.3 Å². The van der Waals surface area contributed by atoms with Gasteiger partial charge in [0.05, 0.1) is 0 Å². The van der Waals surface area contributed by atoms with E-state index in [9.17, 15) is 13.2 Å². The standard InChI is InChI=1S/C10H20N2O4S/c1-8(9(13)14)17(15,16)11-7-10(12(2)3)5-4-6-10/h8,11H,4-7H2,1-3H3,(H,13,14). The summed E-state index contributed by atoms with van der Waals surface area (Å²) >= 11 is 0. The summed E-state index contributed by atoms with van der Waals surface area (Å²) in [6.07, 6.45) is 2.95. The van der Waals surface area contributed by atoms with Gasteiger partial charge in [0.15, 0.2) is 5.25 Å². The molecule has 1 fully saturated rings. The monoisotopic (exact) mass is 264 g/mol. The van der Waals surface area contributed by atoms with Crippen LogP contribution in [0.5, 0.6) is 0 Å². The molecule has 1 atom stereocenters. The lowest BCUT2D eigenvalue weighted by atomic mass is 9.76. The van der Waals surface area contributed by atoms with Crippen LogP contribution in [-0.2, 0) is 14.8 Å². The zero-order chi connectivity index (χ0) is 13.3. The van der Waals surface area contributed by atoms with Gasteiger partial charge < -0.3 is 10.0 Å². The molecule has 0 aromatic rings. The number of aliphatic carboxylic acids is 1. The molecular weight excluding hydrogens is 244 g/mol. The van der Waals surface area contributed by atoms with E-state index in [1.807, 2.05) is 19.0 Å². The number of nitrogens with one attached hydrogen (secondary N) is 1. The third kappa shape index (κ3) is 2.97. The van der Waals surface area contributed by atoms with Gasteiger partial charge in [0.25, 0.3) is 0 Å². The Morgan fingerprint density at radius 2 is 2.00 bits per heavy atom. The minimum atomic E-state index is -3.78. The van der Waals surface area contributed by atoms with Crippen LogP contribution in [0.25, 0.3) is 0 Å². The molecule has 0 saturated heterocycles. The Morgan fingerprint density at radius 1 is 1.47 bits per heavy atom. The third-order valence-corrected chi connectivity index (χ3v) is 5.33. The highest BCUT2D eigenvalue weighted by Crippen LogP contribution is 2.35. The number of carbonyl (C=O) groups is 1. The van der Waals surface area contributed by atoms with Gasteiger partial charge in [-0.15, -0.1) is 0 Å². The molecule has 0 spiro atoms. The van der Waals surface area contributed by atoms with E-state index in [0.29, 0.717) is 0 Å². The van der Waals surface area contributed by atoms with Crippen LogP contribution in [0.2, 0.25) is 0 Å². The maximum Gasteiger partial charge on any atom is 0.323 e. The average molecular weight is 264 g/mol. The van der Waals surface area contributed by atoms with Crippen LogP contribution in [0.15, 0.2) is 0 Å². The molecule has 0 aromatic carbocycles. The zero-order valence-electron chi connectivity index (χ0n) is 10.4. The number of carboxylic acids is 1. The average Bonchev–Trinajstić information content (AvgIpc) is 2.13. The second-order valence-electron chi connectivity index (χ2n) is 4.82. The molecule has 17 heavy (non-hydrogen) atoms. The number of rotatable bonds is 6. The highest BCUT2D eigenvalue weighted by atomic mass is 32.2. The molecule has 2 N–H and O–H groups in total. The molecule has 1 unspecified atom stereocenters. The maximum atomic E-state index is 11.7. The molecule has 0 radical (unpaired) electrons. The largest absolute Gasteiger partial charge is 0.480 e. The topological polar surface area (TPSA) is 86.7 Å². The van der Waals surface area contributed by atoms with Gasteiger partial charge in [0, 0.05) is 12.1 Å². The lowest BCUT2D eigenvalue weighted by Gasteiger charge is -2.47. The lowest BCUT2D eigenvalue weighted by Crippen LogP contribution is -2.58. The van der Waals surface area contributed by atoms with Gasteiger partial charge in [-0.1, -0.05) is 0 Å². The van der Waals surface area contributed by atoms with Crippen molar-refractivity contribution in [2.45, 2.75) is 37.0 Å². The van der Waals surface area contributed by atoms with E-state index in [1.54, 1.807) is 0 Å². The zero-order valence-corrected chi connectivity index (χ0v) is 11.2. The van der Waals surface area contributed by atoms with Crippen molar-refractivity contribution >= 4 is 16.0 Å². The van der Waals surface area contributed by atoms with E-state index in [1.165, 1.54) is 6.92 Å². The molecule has 6 nitrogen and oxygen atoms in total. The van der Waals surface area contributed by atoms with Gasteiger partial charge in [-0.25, -0.2) is 13.1 Å². The SMILES string of the molecule is CC(C(=O)O)S(=O)(=O)NCC1(N(C)C)CCC1. The molecule has 1 saturated carbocycles. The van der Waals surface area contributed by atoms with Crippen molar-refractivity contribution in [1.29, 1.82) is 0 Å². The van der Waals surface area contributed by atoms with Crippen LogP contribution < -0.4 is 4.72 Å². The van der Waals surface area contributed by atoms with E-state index in [2.05, 4.69) is 4.72 Å². The summed E-state index contributed by atoms with van der Waals surface area (Å²) < 4.78 is 25.8. The Hall–Kier alpha value is -0.660. The predicted molar refractivity (Wildman–Crippen MR) is 64.3 cm³/mol. The number of nitrogens with zero attached hydrogens (tertiary/aromatic N) is 1. The summed E-state index contributed by atoms with van der Waals surface area (Å²) in [7, 11) is 0.0429. The molecule has 7 heteroatoms. The fourth-order valence-corrected chi connectivity index (χ4v) is 2.84. The molecule has 100 valence electrons. The van der Waals surface area contributed by atoms with Crippen molar-refractivity contribution < 1.29 is 18.3 Å². The lowest BCUT2D eigenvalue weighted by molar-refractivity contribution is -0.136. The predicted octanol–water partition coefficient (Wildman–Crippen LogP) is -0.137. The van der Waals surface area contributed by atoms with Crippen molar-refractivity contribution in [2.75, 3.05) is 20.6 Å². The summed E-state index contributed by atoms with van der Waals surface area (Å²) in [6, 6.07) is 0. The maximum absolute atomic E-state index is 11.7. The molecule has 0 amide bonds. The van der Waals surface area contributed by atoms with Crippen molar-refractivity contribution in [3.05, 3.63) is 0 Å². The van der Waals surface area contributed by atoms with Crippen LogP contribution in [0.1, 0.15) is 26.2 Å². The summed E-state index contributed by atoms with van der Waals surface area (Å²) in [6.45, 7) is 1.45. The normalized spacial score (nSPS) is 20.9. The fourth-order valence-electron chi connectivity index (χ4n) is 1.86. The quantitative estimate of drug-likeness (QED) is 0.697. The third-order valence-electron chi connectivity index (χ3n) is 3.65. The van der Waals surface area contributed by atoms with Crippen molar-refractivity contribution in [1.82, 2.24) is 9.62 Å². The Morgan fingerprint density at radius 3 is 2.29 bits per heavy atom. The molecule has 1 aliphatic carbocycles. The Labute approximate surface area is 102 Å². The summed E-state index contributed by atoms with van der Waals surface area (Å²) in [5.41, 5.74) is -0.148. The molecule has 0 heterocycles. The van der Waals surface area contributed by atoms with E-state index < -0.39 is 21.2 Å². The molecule has 1 rings (SSSR count). The second-order valence-corrected chi connectivity index (χ2v) is 6.90. The molecule has 0 aliphatic heterocycles. The van der Waals surface area contributed by atoms with E-state index in [-0.39, 0.29) is 12.1 Å². The number of hydrogen-bond donors (Lipinski definition) is 2. The number of likely N-dealkylation sites (N-methyl/N-ethyl adjacent to an activating group) is 1. The first-order chi connectivity index (χ1) is 7.71. The second kappa shape index (κ2) is 4.91. The molecule has 0 aromatic heterocycles. The smallest absolute Gasteiger partial charge is 0.323 e. The number of sulfonamides is 1. The first kappa shape index (κ1) is 14.4. The van der Waals surface area contributed by atoms with Crippen molar-refractivity contribution in [3.8, 4) is 0 Å². The highest BCUT2D eigenvalue weighted by molar-refractivity contribution is 7.90. The van der Waals surface area contributed by atoms with E-state index >= 15 is 0 Å². The Balaban J connectivity index is 2.64. The van der Waals surface area contributed by atoms with Gasteiger partial charge in [0.2, 0.25) is 10.0 Å². The van der Waals surface area contributed by atoms with Crippen LogP contribution in [0.3, 0.4) is 0 Å². The highest BCUT2D eigenvalue weighted by Gasteiger charge is 2.40. The molecular formula is C10H20N2O4S. The summed E-state index contributed by atoms with van der Waals surface area (Å²) in [5.74, 6) is -1.33. The van der Waals surface area contributed by atoms with E-state index in [0.717, 1.165) is 19.3 Å². The number of hydrogen-bond acceptors (Lipinski definition) is 4. The number of carboxylic acid groups (broad SMARTS) is 1. The van der Waals surface area contributed by atoms with Crippen molar-refractivity contribution in [3.63, 3.8) is 0 Å². The Bertz CT molecular complexity index is 387. The minimum Gasteiger partial charge on any atom is -0.480 e. The van der Waals surface area contributed by atoms with Gasteiger partial charge in [-0.3, -0.25) is 4.79 Å². The first-order valence-corrected chi connectivity index (χ1v) is 7.15.